The second kappa shape index (κ2) is 3.45. The highest BCUT2D eigenvalue weighted by Crippen LogP contribution is 2.24. The molecule has 2 aliphatic rings. The Hall–Kier alpha value is -1.62. The van der Waals surface area contributed by atoms with E-state index in [0.29, 0.717) is 23.5 Å². The van der Waals surface area contributed by atoms with E-state index in [2.05, 4.69) is 10.3 Å². The zero-order chi connectivity index (χ0) is 11.1. The standard InChI is InChI=1S/C11H14N4O/c12-10-2-1-7(4-14-10)11(16)15-6-8-3-9(15)5-13-8/h1-2,4,8-9,13H,3,5-6H2,(H2,12,14)/t8-,9-/m1/s1. The molecule has 0 saturated carbocycles. The van der Waals surface area contributed by atoms with E-state index in [1.807, 2.05) is 4.90 Å². The second-order valence-electron chi connectivity index (χ2n) is 4.42. The van der Waals surface area contributed by atoms with Crippen molar-refractivity contribution in [1.29, 1.82) is 0 Å². The number of likely N-dealkylation sites (tertiary alicyclic amines) is 1. The van der Waals surface area contributed by atoms with Gasteiger partial charge in [0.25, 0.3) is 5.91 Å². The predicted octanol–water partition coefficient (Wildman–Crippen LogP) is -0.150. The van der Waals surface area contributed by atoms with E-state index in [4.69, 9.17) is 5.73 Å². The number of amides is 1. The van der Waals surface area contributed by atoms with E-state index in [1.54, 1.807) is 18.3 Å². The van der Waals surface area contributed by atoms with Gasteiger partial charge in [-0.1, -0.05) is 0 Å². The van der Waals surface area contributed by atoms with Crippen molar-refractivity contribution in [3.05, 3.63) is 23.9 Å². The smallest absolute Gasteiger partial charge is 0.255 e. The third-order valence-corrected chi connectivity index (χ3v) is 3.35. The van der Waals surface area contributed by atoms with Crippen LogP contribution in [0.1, 0.15) is 16.8 Å². The van der Waals surface area contributed by atoms with Gasteiger partial charge in [0.05, 0.1) is 5.56 Å². The van der Waals surface area contributed by atoms with Gasteiger partial charge < -0.3 is 16.0 Å². The number of hydrogen-bond donors (Lipinski definition) is 2. The quantitative estimate of drug-likeness (QED) is 0.687. The second-order valence-corrected chi connectivity index (χ2v) is 4.42. The maximum atomic E-state index is 12.2. The molecule has 84 valence electrons. The van der Waals surface area contributed by atoms with Crippen LogP contribution in [0, 0.1) is 0 Å². The van der Waals surface area contributed by atoms with Crippen LogP contribution < -0.4 is 11.1 Å². The summed E-state index contributed by atoms with van der Waals surface area (Å²) in [7, 11) is 0. The number of nitrogens with zero attached hydrogens (tertiary/aromatic N) is 2. The first-order valence-corrected chi connectivity index (χ1v) is 5.50. The van der Waals surface area contributed by atoms with Crippen LogP contribution in [0.4, 0.5) is 5.82 Å². The predicted molar refractivity (Wildman–Crippen MR) is 59.9 cm³/mol. The highest BCUT2D eigenvalue weighted by Gasteiger charge is 2.40. The van der Waals surface area contributed by atoms with Gasteiger partial charge >= 0.3 is 0 Å². The molecule has 0 unspecified atom stereocenters. The van der Waals surface area contributed by atoms with Crippen molar-refractivity contribution >= 4 is 11.7 Å². The van der Waals surface area contributed by atoms with Crippen LogP contribution >= 0.6 is 0 Å². The number of carbonyl (C=O) groups is 1. The summed E-state index contributed by atoms with van der Waals surface area (Å²) < 4.78 is 0. The Morgan fingerprint density at radius 3 is 3.00 bits per heavy atom. The maximum Gasteiger partial charge on any atom is 0.255 e. The van der Waals surface area contributed by atoms with Crippen molar-refractivity contribution in [2.45, 2.75) is 18.5 Å². The number of nitrogens with one attached hydrogen (secondary N) is 1. The normalized spacial score (nSPS) is 27.4. The molecule has 3 N–H and O–H groups in total. The van der Waals surface area contributed by atoms with E-state index in [9.17, 15) is 4.79 Å². The van der Waals surface area contributed by atoms with Gasteiger partial charge in [-0.3, -0.25) is 4.79 Å². The van der Waals surface area contributed by atoms with Crippen molar-refractivity contribution in [2.75, 3.05) is 18.8 Å². The van der Waals surface area contributed by atoms with Crippen molar-refractivity contribution in [3.8, 4) is 0 Å². The number of rotatable bonds is 1. The molecule has 0 aliphatic carbocycles. The number of hydrogen-bond acceptors (Lipinski definition) is 4. The van der Waals surface area contributed by atoms with Gasteiger partial charge in [0.2, 0.25) is 0 Å². The van der Waals surface area contributed by atoms with Crippen LogP contribution in [0.3, 0.4) is 0 Å². The monoisotopic (exact) mass is 218 g/mol. The van der Waals surface area contributed by atoms with Gasteiger partial charge in [-0.2, -0.15) is 0 Å². The highest BCUT2D eigenvalue weighted by molar-refractivity contribution is 5.94. The Labute approximate surface area is 93.6 Å². The topological polar surface area (TPSA) is 71.2 Å². The minimum Gasteiger partial charge on any atom is -0.384 e. The Bertz CT molecular complexity index is 416. The van der Waals surface area contributed by atoms with Gasteiger partial charge in [-0.15, -0.1) is 0 Å². The van der Waals surface area contributed by atoms with Gasteiger partial charge in [0.1, 0.15) is 5.82 Å². The molecule has 5 heteroatoms. The van der Waals surface area contributed by atoms with E-state index in [-0.39, 0.29) is 5.91 Å². The summed E-state index contributed by atoms with van der Waals surface area (Å²) in [6.07, 6.45) is 2.63. The van der Waals surface area contributed by atoms with Gasteiger partial charge in [0.15, 0.2) is 0 Å². The highest BCUT2D eigenvalue weighted by atomic mass is 16.2. The molecule has 3 heterocycles. The molecule has 3 rings (SSSR count). The number of nitrogen functional groups attached to an aromatic ring is 1. The first-order chi connectivity index (χ1) is 7.74. The van der Waals surface area contributed by atoms with Crippen molar-refractivity contribution in [2.24, 2.45) is 0 Å². The van der Waals surface area contributed by atoms with Crippen LogP contribution in [-0.4, -0.2) is 41.0 Å². The van der Waals surface area contributed by atoms with E-state index in [1.165, 1.54) is 0 Å². The third kappa shape index (κ3) is 1.44. The molecule has 2 aliphatic heterocycles. The number of piperazine rings is 1. The van der Waals surface area contributed by atoms with Crippen LogP contribution in [0.25, 0.3) is 0 Å². The van der Waals surface area contributed by atoms with Gasteiger partial charge in [-0.25, -0.2) is 4.98 Å². The first-order valence-electron chi connectivity index (χ1n) is 5.50. The van der Waals surface area contributed by atoms with Crippen LogP contribution in [0.5, 0.6) is 0 Å². The molecule has 5 nitrogen and oxygen atoms in total. The number of carbonyl (C=O) groups excluding carboxylic acids is 1. The average Bonchev–Trinajstić information content (AvgIpc) is 2.91. The zero-order valence-corrected chi connectivity index (χ0v) is 8.89. The molecule has 0 aromatic carbocycles. The Balaban J connectivity index is 1.80. The number of nitrogens with two attached hydrogens (primary N) is 1. The average molecular weight is 218 g/mol. The van der Waals surface area contributed by atoms with E-state index >= 15 is 0 Å². The molecule has 1 aromatic heterocycles. The number of aromatic nitrogens is 1. The minimum atomic E-state index is 0.0708. The summed E-state index contributed by atoms with van der Waals surface area (Å²) in [5.74, 6) is 0.516. The lowest BCUT2D eigenvalue weighted by Gasteiger charge is -2.27. The summed E-state index contributed by atoms with van der Waals surface area (Å²) in [4.78, 5) is 18.1. The van der Waals surface area contributed by atoms with E-state index in [0.717, 1.165) is 19.5 Å². The lowest BCUT2D eigenvalue weighted by Crippen LogP contribution is -2.46. The Morgan fingerprint density at radius 2 is 2.44 bits per heavy atom. The zero-order valence-electron chi connectivity index (χ0n) is 8.89. The number of pyridine rings is 1. The molecule has 2 atom stereocenters. The Morgan fingerprint density at radius 1 is 1.56 bits per heavy atom. The lowest BCUT2D eigenvalue weighted by molar-refractivity contribution is 0.0715. The fourth-order valence-corrected chi connectivity index (χ4v) is 2.51. The largest absolute Gasteiger partial charge is 0.384 e. The molecular weight excluding hydrogens is 204 g/mol. The summed E-state index contributed by atoms with van der Waals surface area (Å²) >= 11 is 0. The van der Waals surface area contributed by atoms with E-state index < -0.39 is 0 Å². The summed E-state index contributed by atoms with van der Waals surface area (Å²) in [5.41, 5.74) is 6.12. The molecule has 16 heavy (non-hydrogen) atoms. The first kappa shape index (κ1) is 9.59. The number of fused-ring (bicyclic) bond motifs is 2. The Kier molecular flexibility index (Phi) is 2.07. The summed E-state index contributed by atoms with van der Waals surface area (Å²) in [6, 6.07) is 4.25. The SMILES string of the molecule is Nc1ccc(C(=O)N2C[C@H]3C[C@@H]2CN3)cn1. The van der Waals surface area contributed by atoms with Crippen LogP contribution in [0.2, 0.25) is 0 Å². The fourth-order valence-electron chi connectivity index (χ4n) is 2.51. The summed E-state index contributed by atoms with van der Waals surface area (Å²) in [5, 5.41) is 3.37. The lowest BCUT2D eigenvalue weighted by atomic mass is 10.2. The molecule has 0 spiro atoms. The maximum absolute atomic E-state index is 12.2. The fraction of sp³-hybridized carbons (Fsp3) is 0.455. The molecule has 0 radical (unpaired) electrons. The third-order valence-electron chi connectivity index (χ3n) is 3.35. The number of anilines is 1. The van der Waals surface area contributed by atoms with Crippen molar-refractivity contribution in [3.63, 3.8) is 0 Å². The molecule has 2 saturated heterocycles. The molecular formula is C11H14N4O. The van der Waals surface area contributed by atoms with Crippen molar-refractivity contribution < 1.29 is 4.79 Å². The molecule has 1 aromatic rings. The molecule has 1 amide bonds. The van der Waals surface area contributed by atoms with Crippen molar-refractivity contribution in [1.82, 2.24) is 15.2 Å². The van der Waals surface area contributed by atoms with Gasteiger partial charge in [-0.05, 0) is 18.6 Å². The summed E-state index contributed by atoms with van der Waals surface area (Å²) in [6.45, 7) is 1.73. The minimum absolute atomic E-state index is 0.0708. The van der Waals surface area contributed by atoms with Gasteiger partial charge in [0, 0.05) is 31.4 Å². The van der Waals surface area contributed by atoms with Crippen LogP contribution in [0.15, 0.2) is 18.3 Å². The van der Waals surface area contributed by atoms with Crippen LogP contribution in [-0.2, 0) is 0 Å². The molecule has 2 fully saturated rings. The molecule has 2 bridgehead atoms.